The predicted octanol–water partition coefficient (Wildman–Crippen LogP) is 5.39. The number of hydrogen-bond acceptors (Lipinski definition) is 6. The van der Waals surface area contributed by atoms with E-state index in [1.807, 2.05) is 48.6 Å². The first-order valence-electron chi connectivity index (χ1n) is 10.8. The number of nitrogens with zero attached hydrogens (tertiary/aromatic N) is 5. The molecule has 8 heteroatoms. The summed E-state index contributed by atoms with van der Waals surface area (Å²) in [6.45, 7) is 6.24. The van der Waals surface area contributed by atoms with E-state index in [2.05, 4.69) is 35.1 Å². The molecule has 1 aromatic heterocycles. The van der Waals surface area contributed by atoms with Crippen molar-refractivity contribution in [1.82, 2.24) is 15.0 Å². The monoisotopic (exact) mass is 443 g/mol. The standard InChI is InChI=1S/C25H25N5O3/c1-3-28(4-2)22-16-13-20(12-9-19-10-14-21(15-11-19)30(31)32)25(17-22)33-18-29-24-8-6-5-7-23(24)26-27-29/h5-17H,3-4,18H2,1-2H3. The number of para-hydroxylation sites is 1. The number of ether oxygens (including phenoxy) is 1. The van der Waals surface area contributed by atoms with Gasteiger partial charge in [0, 0.05) is 42.5 Å². The number of anilines is 1. The molecule has 0 aliphatic carbocycles. The lowest BCUT2D eigenvalue weighted by atomic mass is 10.1. The molecule has 33 heavy (non-hydrogen) atoms. The Morgan fingerprint density at radius 3 is 2.52 bits per heavy atom. The van der Waals surface area contributed by atoms with Crippen LogP contribution in [0.2, 0.25) is 0 Å². The summed E-state index contributed by atoms with van der Waals surface area (Å²) in [5.41, 5.74) is 4.62. The maximum atomic E-state index is 10.9. The molecule has 4 aromatic rings. The predicted molar refractivity (Wildman–Crippen MR) is 130 cm³/mol. The van der Waals surface area contributed by atoms with E-state index < -0.39 is 4.92 Å². The van der Waals surface area contributed by atoms with Gasteiger partial charge in [-0.3, -0.25) is 10.1 Å². The van der Waals surface area contributed by atoms with Crippen LogP contribution in [-0.2, 0) is 6.73 Å². The van der Waals surface area contributed by atoms with Crippen LogP contribution in [0, 0.1) is 10.1 Å². The Morgan fingerprint density at radius 2 is 1.79 bits per heavy atom. The van der Waals surface area contributed by atoms with Crippen LogP contribution in [0.4, 0.5) is 11.4 Å². The van der Waals surface area contributed by atoms with Crippen molar-refractivity contribution in [2.45, 2.75) is 20.6 Å². The van der Waals surface area contributed by atoms with Crippen LogP contribution in [-0.4, -0.2) is 33.0 Å². The lowest BCUT2D eigenvalue weighted by Crippen LogP contribution is -2.21. The Kier molecular flexibility index (Phi) is 6.64. The molecule has 0 bridgehead atoms. The van der Waals surface area contributed by atoms with Crippen LogP contribution in [0.1, 0.15) is 25.0 Å². The topological polar surface area (TPSA) is 86.3 Å². The number of hydrogen-bond donors (Lipinski definition) is 0. The minimum atomic E-state index is -0.404. The van der Waals surface area contributed by atoms with Gasteiger partial charge in [0.15, 0.2) is 6.73 Å². The van der Waals surface area contributed by atoms with Crippen molar-refractivity contribution in [3.63, 3.8) is 0 Å². The summed E-state index contributed by atoms with van der Waals surface area (Å²) in [5.74, 6) is 0.720. The first kappa shape index (κ1) is 22.0. The van der Waals surface area contributed by atoms with Crippen LogP contribution < -0.4 is 9.64 Å². The van der Waals surface area contributed by atoms with Gasteiger partial charge in [-0.15, -0.1) is 5.10 Å². The van der Waals surface area contributed by atoms with Gasteiger partial charge in [0.25, 0.3) is 5.69 Å². The lowest BCUT2D eigenvalue weighted by Gasteiger charge is -2.22. The highest BCUT2D eigenvalue weighted by Gasteiger charge is 2.10. The molecular formula is C25H25N5O3. The molecule has 168 valence electrons. The molecule has 3 aromatic carbocycles. The zero-order valence-corrected chi connectivity index (χ0v) is 18.6. The van der Waals surface area contributed by atoms with Gasteiger partial charge in [0.2, 0.25) is 0 Å². The highest BCUT2D eigenvalue weighted by Crippen LogP contribution is 2.28. The number of benzene rings is 3. The average molecular weight is 444 g/mol. The van der Waals surface area contributed by atoms with Crippen LogP contribution in [0.3, 0.4) is 0 Å². The summed E-state index contributed by atoms with van der Waals surface area (Å²) < 4.78 is 7.93. The summed E-state index contributed by atoms with van der Waals surface area (Å²) in [6.07, 6.45) is 3.86. The average Bonchev–Trinajstić information content (AvgIpc) is 3.26. The maximum Gasteiger partial charge on any atom is 0.269 e. The van der Waals surface area contributed by atoms with E-state index in [1.165, 1.54) is 12.1 Å². The Bertz CT molecular complexity index is 1280. The van der Waals surface area contributed by atoms with Crippen molar-refractivity contribution in [1.29, 1.82) is 0 Å². The van der Waals surface area contributed by atoms with Crippen molar-refractivity contribution in [2.24, 2.45) is 0 Å². The summed E-state index contributed by atoms with van der Waals surface area (Å²) in [7, 11) is 0. The Balaban J connectivity index is 1.62. The highest BCUT2D eigenvalue weighted by atomic mass is 16.6. The molecule has 0 saturated heterocycles. The normalized spacial score (nSPS) is 11.2. The van der Waals surface area contributed by atoms with E-state index in [1.54, 1.807) is 16.8 Å². The number of nitro groups is 1. The second-order valence-electron chi connectivity index (χ2n) is 7.43. The minimum absolute atomic E-state index is 0.0693. The van der Waals surface area contributed by atoms with E-state index in [9.17, 15) is 10.1 Å². The molecule has 0 radical (unpaired) electrons. The minimum Gasteiger partial charge on any atom is -0.470 e. The van der Waals surface area contributed by atoms with Gasteiger partial charge in [0.1, 0.15) is 11.3 Å². The molecule has 4 rings (SSSR count). The van der Waals surface area contributed by atoms with E-state index in [-0.39, 0.29) is 12.4 Å². The number of aromatic nitrogens is 3. The van der Waals surface area contributed by atoms with E-state index in [0.717, 1.165) is 46.7 Å². The highest BCUT2D eigenvalue weighted by molar-refractivity contribution is 5.75. The summed E-state index contributed by atoms with van der Waals surface area (Å²) >= 11 is 0. The van der Waals surface area contributed by atoms with Crippen LogP contribution in [0.25, 0.3) is 23.2 Å². The van der Waals surface area contributed by atoms with Gasteiger partial charge in [-0.05, 0) is 55.8 Å². The number of rotatable bonds is 9. The molecule has 1 heterocycles. The molecule has 0 N–H and O–H groups in total. The molecule has 0 amide bonds. The zero-order valence-electron chi connectivity index (χ0n) is 18.6. The first-order chi connectivity index (χ1) is 16.1. The van der Waals surface area contributed by atoms with E-state index in [4.69, 9.17) is 4.74 Å². The number of nitro benzene ring substituents is 1. The molecule has 0 unspecified atom stereocenters. The third-order valence-corrected chi connectivity index (χ3v) is 5.45. The second-order valence-corrected chi connectivity index (χ2v) is 7.43. The fourth-order valence-corrected chi connectivity index (χ4v) is 3.61. The first-order valence-corrected chi connectivity index (χ1v) is 10.8. The van der Waals surface area contributed by atoms with Crippen molar-refractivity contribution in [3.05, 3.63) is 88.0 Å². The van der Waals surface area contributed by atoms with Gasteiger partial charge in [-0.1, -0.05) is 29.5 Å². The van der Waals surface area contributed by atoms with Crippen molar-refractivity contribution < 1.29 is 9.66 Å². The Morgan fingerprint density at radius 1 is 1.03 bits per heavy atom. The quantitative estimate of drug-likeness (QED) is 0.196. The van der Waals surface area contributed by atoms with Gasteiger partial charge in [-0.25, -0.2) is 4.68 Å². The van der Waals surface area contributed by atoms with E-state index in [0.29, 0.717) is 0 Å². The van der Waals surface area contributed by atoms with Crippen LogP contribution in [0.5, 0.6) is 5.75 Å². The SMILES string of the molecule is CCN(CC)c1ccc(C=Cc2ccc([N+](=O)[O-])cc2)c(OCn2nnc3ccccc32)c1. The Labute approximate surface area is 191 Å². The fourth-order valence-electron chi connectivity index (χ4n) is 3.61. The molecule has 0 fully saturated rings. The van der Waals surface area contributed by atoms with Gasteiger partial charge in [-0.2, -0.15) is 0 Å². The van der Waals surface area contributed by atoms with Crippen molar-refractivity contribution in [3.8, 4) is 5.75 Å². The molecule has 0 aliphatic heterocycles. The Hall–Kier alpha value is -4.20. The van der Waals surface area contributed by atoms with Gasteiger partial charge < -0.3 is 9.64 Å². The molecule has 0 aliphatic rings. The third-order valence-electron chi connectivity index (χ3n) is 5.45. The van der Waals surface area contributed by atoms with Crippen LogP contribution in [0.15, 0.2) is 66.7 Å². The molecule has 0 saturated carbocycles. The van der Waals surface area contributed by atoms with Gasteiger partial charge >= 0.3 is 0 Å². The number of non-ortho nitro benzene ring substituents is 1. The van der Waals surface area contributed by atoms with Crippen LogP contribution >= 0.6 is 0 Å². The van der Waals surface area contributed by atoms with E-state index >= 15 is 0 Å². The summed E-state index contributed by atoms with van der Waals surface area (Å²) in [6, 6.07) is 20.3. The summed E-state index contributed by atoms with van der Waals surface area (Å²) in [5, 5.41) is 19.3. The fraction of sp³-hybridized carbons (Fsp3) is 0.200. The largest absolute Gasteiger partial charge is 0.470 e. The molecule has 0 atom stereocenters. The zero-order chi connectivity index (χ0) is 23.2. The van der Waals surface area contributed by atoms with Crippen molar-refractivity contribution in [2.75, 3.05) is 18.0 Å². The smallest absolute Gasteiger partial charge is 0.269 e. The maximum absolute atomic E-state index is 10.9. The molecule has 8 nitrogen and oxygen atoms in total. The van der Waals surface area contributed by atoms with Crippen molar-refractivity contribution >= 4 is 34.6 Å². The lowest BCUT2D eigenvalue weighted by molar-refractivity contribution is -0.384. The summed E-state index contributed by atoms with van der Waals surface area (Å²) in [4.78, 5) is 12.7. The molecular weight excluding hydrogens is 418 g/mol. The number of fused-ring (bicyclic) bond motifs is 1. The molecule has 0 spiro atoms. The third kappa shape index (κ3) is 5.01. The van der Waals surface area contributed by atoms with Gasteiger partial charge in [0.05, 0.1) is 10.4 Å². The second kappa shape index (κ2) is 9.95.